The summed E-state index contributed by atoms with van der Waals surface area (Å²) in [6, 6.07) is 40.3. The fourth-order valence-corrected chi connectivity index (χ4v) is 5.83. The Kier molecular flexibility index (Phi) is 4.95. The van der Waals surface area contributed by atoms with Crippen molar-refractivity contribution in [2.24, 2.45) is 0 Å². The summed E-state index contributed by atoms with van der Waals surface area (Å²) >= 11 is 6.43. The van der Waals surface area contributed by atoms with E-state index in [0.29, 0.717) is 11.6 Å². The molecule has 0 saturated carbocycles. The highest BCUT2D eigenvalue weighted by molar-refractivity contribution is 6.28. The fraction of sp³-hybridized carbons (Fsp3) is 0.0606. The molecule has 0 unspecified atom stereocenters. The molecule has 0 aliphatic heterocycles. The molecule has 6 aromatic rings. The second-order valence-corrected chi connectivity index (χ2v) is 9.95. The van der Waals surface area contributed by atoms with E-state index in [-0.39, 0.29) is 10.7 Å². The van der Waals surface area contributed by atoms with E-state index in [9.17, 15) is 0 Å². The minimum Gasteiger partial charge on any atom is -0.208 e. The van der Waals surface area contributed by atoms with E-state index in [1.165, 1.54) is 33.2 Å². The molecule has 0 atom stereocenters. The second kappa shape index (κ2) is 8.36. The predicted octanol–water partition coefficient (Wildman–Crippen LogP) is 8.35. The van der Waals surface area contributed by atoms with Gasteiger partial charge in [-0.3, -0.25) is 0 Å². The first-order valence-electron chi connectivity index (χ1n) is 12.3. The summed E-state index contributed by atoms with van der Waals surface area (Å²) in [4.78, 5) is 13.8. The van der Waals surface area contributed by atoms with Gasteiger partial charge in [-0.1, -0.05) is 103 Å². The zero-order chi connectivity index (χ0) is 25.0. The van der Waals surface area contributed by atoms with Gasteiger partial charge in [0.05, 0.1) is 0 Å². The molecule has 0 radical (unpaired) electrons. The second-order valence-electron chi connectivity index (χ2n) is 9.61. The number of aromatic nitrogens is 3. The maximum atomic E-state index is 6.43. The number of halogens is 1. The zero-order valence-corrected chi connectivity index (χ0v) is 20.9. The van der Waals surface area contributed by atoms with Gasteiger partial charge < -0.3 is 0 Å². The van der Waals surface area contributed by atoms with Crippen molar-refractivity contribution in [1.29, 1.82) is 0 Å². The van der Waals surface area contributed by atoms with Gasteiger partial charge in [-0.2, -0.15) is 9.97 Å². The maximum absolute atomic E-state index is 6.43. The lowest BCUT2D eigenvalue weighted by Crippen LogP contribution is -2.22. The summed E-state index contributed by atoms with van der Waals surface area (Å²) in [5, 5.41) is 2.48. The number of rotatable bonds is 3. The molecule has 5 aromatic carbocycles. The molecule has 0 amide bonds. The number of fused-ring (bicyclic) bond motifs is 4. The Morgan fingerprint density at radius 1 is 0.541 bits per heavy atom. The van der Waals surface area contributed by atoms with E-state index in [0.717, 1.165) is 16.5 Å². The summed E-state index contributed by atoms with van der Waals surface area (Å²) < 4.78 is 0. The average Bonchev–Trinajstić information content (AvgIpc) is 3.22. The number of benzene rings is 5. The van der Waals surface area contributed by atoms with Gasteiger partial charge in [-0.25, -0.2) is 4.98 Å². The van der Waals surface area contributed by atoms with Crippen LogP contribution in [0, 0.1) is 0 Å². The molecule has 0 saturated heterocycles. The first-order valence-corrected chi connectivity index (χ1v) is 12.7. The van der Waals surface area contributed by atoms with Crippen LogP contribution in [0.1, 0.15) is 23.6 Å². The van der Waals surface area contributed by atoms with Crippen molar-refractivity contribution in [3.05, 3.63) is 137 Å². The normalized spacial score (nSPS) is 13.4. The highest BCUT2D eigenvalue weighted by Gasteiger charge is 2.40. The van der Waals surface area contributed by atoms with Crippen LogP contribution in [0.4, 0.5) is 0 Å². The Morgan fingerprint density at radius 3 is 1.84 bits per heavy atom. The number of nitrogens with zero attached hydrogens (tertiary/aromatic N) is 3. The molecule has 7 rings (SSSR count). The maximum Gasteiger partial charge on any atom is 0.226 e. The van der Waals surface area contributed by atoms with Crippen molar-refractivity contribution in [1.82, 2.24) is 15.0 Å². The van der Waals surface area contributed by atoms with Crippen molar-refractivity contribution < 1.29 is 0 Å². The lowest BCUT2D eigenvalue weighted by atomic mass is 9.74. The summed E-state index contributed by atoms with van der Waals surface area (Å²) in [5.74, 6) is 1.13. The third-order valence-corrected chi connectivity index (χ3v) is 7.70. The molecule has 3 nitrogen and oxygen atoms in total. The minimum absolute atomic E-state index is 0.182. The van der Waals surface area contributed by atoms with Crippen LogP contribution in [-0.2, 0) is 5.41 Å². The highest BCUT2D eigenvalue weighted by Crippen LogP contribution is 2.52. The van der Waals surface area contributed by atoms with E-state index >= 15 is 0 Å². The molecule has 0 spiro atoms. The fourth-order valence-electron chi connectivity index (χ4n) is 5.67. The standard InChI is InChI=1S/C33H22ClN3/c1-33(28-15-6-4-13-26(28)27-14-5-7-16-29(27)33)25-12-8-11-23(20-25)30-35-31(37-32(34)36-30)24-18-17-21-9-2-3-10-22(21)19-24/h2-20H,1H3. The quantitative estimate of drug-likeness (QED) is 0.247. The molecule has 1 aliphatic carbocycles. The third kappa shape index (κ3) is 3.46. The molecule has 37 heavy (non-hydrogen) atoms. The Balaban J connectivity index is 1.36. The van der Waals surface area contributed by atoms with Gasteiger partial charge in [0.25, 0.3) is 0 Å². The molecule has 0 bridgehead atoms. The minimum atomic E-state index is -0.290. The van der Waals surface area contributed by atoms with E-state index < -0.39 is 0 Å². The molecular formula is C33H22ClN3. The Labute approximate surface area is 220 Å². The Bertz CT molecular complexity index is 1780. The Hall–Kier alpha value is -4.34. The predicted molar refractivity (Wildman–Crippen MR) is 151 cm³/mol. The number of hydrogen-bond donors (Lipinski definition) is 0. The zero-order valence-electron chi connectivity index (χ0n) is 20.2. The summed E-state index contributed by atoms with van der Waals surface area (Å²) in [6.45, 7) is 2.30. The van der Waals surface area contributed by atoms with Crippen LogP contribution in [0.15, 0.2) is 115 Å². The summed E-state index contributed by atoms with van der Waals surface area (Å²) in [6.07, 6.45) is 0. The van der Waals surface area contributed by atoms with Gasteiger partial charge >= 0.3 is 0 Å². The Morgan fingerprint density at radius 2 is 1.14 bits per heavy atom. The van der Waals surface area contributed by atoms with E-state index in [4.69, 9.17) is 16.6 Å². The van der Waals surface area contributed by atoms with Gasteiger partial charge in [0.1, 0.15) is 0 Å². The van der Waals surface area contributed by atoms with Crippen molar-refractivity contribution in [3.63, 3.8) is 0 Å². The van der Waals surface area contributed by atoms with Gasteiger partial charge in [-0.15, -0.1) is 0 Å². The van der Waals surface area contributed by atoms with Gasteiger partial charge in [-0.05, 0) is 69.2 Å². The van der Waals surface area contributed by atoms with E-state index in [2.05, 4.69) is 108 Å². The van der Waals surface area contributed by atoms with Crippen LogP contribution in [0.25, 0.3) is 44.7 Å². The van der Waals surface area contributed by atoms with Crippen LogP contribution in [-0.4, -0.2) is 15.0 Å². The molecule has 1 aromatic heterocycles. The number of hydrogen-bond acceptors (Lipinski definition) is 3. The monoisotopic (exact) mass is 495 g/mol. The first-order chi connectivity index (χ1) is 18.1. The SMILES string of the molecule is CC1(c2cccc(-c3nc(Cl)nc(-c4ccc5ccccc5c4)n3)c2)c2ccccc2-c2ccccc21. The third-order valence-electron chi connectivity index (χ3n) is 7.54. The van der Waals surface area contributed by atoms with Crippen LogP contribution in [0.2, 0.25) is 5.28 Å². The van der Waals surface area contributed by atoms with Crippen molar-refractivity contribution >= 4 is 22.4 Å². The molecule has 1 aliphatic rings. The van der Waals surface area contributed by atoms with Crippen molar-refractivity contribution in [2.45, 2.75) is 12.3 Å². The molecule has 0 fully saturated rings. The van der Waals surface area contributed by atoms with E-state index in [1.54, 1.807) is 0 Å². The van der Waals surface area contributed by atoms with Crippen LogP contribution >= 0.6 is 11.6 Å². The van der Waals surface area contributed by atoms with Crippen LogP contribution in [0.3, 0.4) is 0 Å². The largest absolute Gasteiger partial charge is 0.226 e. The van der Waals surface area contributed by atoms with Crippen molar-refractivity contribution in [2.75, 3.05) is 0 Å². The first kappa shape index (κ1) is 21.9. The van der Waals surface area contributed by atoms with Crippen molar-refractivity contribution in [3.8, 4) is 33.9 Å². The van der Waals surface area contributed by atoms with Crippen LogP contribution in [0.5, 0.6) is 0 Å². The molecule has 4 heteroatoms. The summed E-state index contributed by atoms with van der Waals surface area (Å²) in [5.41, 5.74) is 7.89. The topological polar surface area (TPSA) is 38.7 Å². The summed E-state index contributed by atoms with van der Waals surface area (Å²) in [7, 11) is 0. The van der Waals surface area contributed by atoms with Crippen LogP contribution < -0.4 is 0 Å². The molecule has 176 valence electrons. The van der Waals surface area contributed by atoms with Gasteiger partial charge in [0, 0.05) is 16.5 Å². The molecular weight excluding hydrogens is 474 g/mol. The average molecular weight is 496 g/mol. The van der Waals surface area contributed by atoms with Gasteiger partial charge in [0.15, 0.2) is 11.6 Å². The molecule has 0 N–H and O–H groups in total. The lowest BCUT2D eigenvalue weighted by Gasteiger charge is -2.28. The smallest absolute Gasteiger partial charge is 0.208 e. The highest BCUT2D eigenvalue weighted by atomic mass is 35.5. The lowest BCUT2D eigenvalue weighted by molar-refractivity contribution is 0.714. The van der Waals surface area contributed by atoms with E-state index in [1.807, 2.05) is 24.3 Å². The van der Waals surface area contributed by atoms with Gasteiger partial charge in [0.2, 0.25) is 5.28 Å². The molecule has 1 heterocycles.